The summed E-state index contributed by atoms with van der Waals surface area (Å²) in [6.07, 6.45) is 0.963. The Morgan fingerprint density at radius 1 is 1.18 bits per heavy atom. The van der Waals surface area contributed by atoms with Crippen LogP contribution in [-0.2, 0) is 6.54 Å². The second kappa shape index (κ2) is 10.7. The Morgan fingerprint density at radius 2 is 2.00 bits per heavy atom. The maximum Gasteiger partial charge on any atom is 0.214 e. The first-order chi connectivity index (χ1) is 13.7. The number of benzene rings is 2. The molecule has 0 fully saturated rings. The molecule has 0 spiro atoms. The van der Waals surface area contributed by atoms with Gasteiger partial charge in [0.25, 0.3) is 0 Å². The van der Waals surface area contributed by atoms with Gasteiger partial charge in [-0.2, -0.15) is 4.68 Å². The maximum atomic E-state index is 6.24. The number of thioether (sulfide) groups is 1. The number of ether oxygens (including phenoxy) is 1. The van der Waals surface area contributed by atoms with Crippen LogP contribution in [0.25, 0.3) is 5.69 Å². The molecule has 0 bridgehead atoms. The summed E-state index contributed by atoms with van der Waals surface area (Å²) in [5.74, 6) is 1.59. The van der Waals surface area contributed by atoms with Gasteiger partial charge in [0.15, 0.2) is 0 Å². The molecule has 0 atom stereocenters. The van der Waals surface area contributed by atoms with Crippen molar-refractivity contribution in [2.75, 3.05) is 18.9 Å². The third kappa shape index (κ3) is 5.61. The summed E-state index contributed by atoms with van der Waals surface area (Å²) >= 11 is 14.0. The Hall–Kier alpha value is -1.80. The van der Waals surface area contributed by atoms with Gasteiger partial charge in [-0.25, -0.2) is 0 Å². The van der Waals surface area contributed by atoms with Crippen LogP contribution >= 0.6 is 35.0 Å². The minimum Gasteiger partial charge on any atom is -0.492 e. The van der Waals surface area contributed by atoms with Crippen LogP contribution in [-0.4, -0.2) is 39.1 Å². The zero-order chi connectivity index (χ0) is 19.8. The predicted molar refractivity (Wildman–Crippen MR) is 114 cm³/mol. The Labute approximate surface area is 178 Å². The van der Waals surface area contributed by atoms with E-state index in [1.165, 1.54) is 0 Å². The summed E-state index contributed by atoms with van der Waals surface area (Å²) in [5, 5.41) is 17.3. The Morgan fingerprint density at radius 3 is 2.79 bits per heavy atom. The van der Waals surface area contributed by atoms with Gasteiger partial charge in [0.2, 0.25) is 5.16 Å². The lowest BCUT2D eigenvalue weighted by Gasteiger charge is -2.13. The van der Waals surface area contributed by atoms with Crippen molar-refractivity contribution >= 4 is 35.0 Å². The Balaban J connectivity index is 1.46. The average molecular weight is 438 g/mol. The van der Waals surface area contributed by atoms with E-state index in [9.17, 15) is 0 Å². The number of rotatable bonds is 10. The summed E-state index contributed by atoms with van der Waals surface area (Å²) < 4.78 is 7.40. The van der Waals surface area contributed by atoms with Crippen LogP contribution in [0.1, 0.15) is 18.9 Å². The Bertz CT molecular complexity index is 891. The third-order valence-corrected chi connectivity index (χ3v) is 5.36. The molecule has 148 valence electrons. The first-order valence-corrected chi connectivity index (χ1v) is 10.7. The van der Waals surface area contributed by atoms with Gasteiger partial charge in [-0.05, 0) is 54.6 Å². The number of tetrazole rings is 1. The van der Waals surface area contributed by atoms with Gasteiger partial charge in [0, 0.05) is 22.9 Å². The van der Waals surface area contributed by atoms with Gasteiger partial charge in [0.1, 0.15) is 5.75 Å². The van der Waals surface area contributed by atoms with Crippen LogP contribution in [0.15, 0.2) is 47.6 Å². The van der Waals surface area contributed by atoms with Crippen molar-refractivity contribution in [1.29, 1.82) is 0 Å². The van der Waals surface area contributed by atoms with Crippen molar-refractivity contribution in [2.45, 2.75) is 25.0 Å². The van der Waals surface area contributed by atoms with Crippen LogP contribution in [0.5, 0.6) is 5.75 Å². The first-order valence-electron chi connectivity index (χ1n) is 8.97. The standard InChI is InChI=1S/C19H21Cl2N5OS/c1-2-27-18-14(11-15(20)12-17(18)21)13-22-9-6-10-28-19-23-24-25-26(19)16-7-4-3-5-8-16/h3-5,7-8,11-12,22H,2,6,9-10,13H2,1H3. The van der Waals surface area contributed by atoms with E-state index in [2.05, 4.69) is 20.8 Å². The fourth-order valence-electron chi connectivity index (χ4n) is 2.63. The van der Waals surface area contributed by atoms with E-state index < -0.39 is 0 Å². The molecule has 1 heterocycles. The van der Waals surface area contributed by atoms with E-state index >= 15 is 0 Å². The zero-order valence-corrected chi connectivity index (χ0v) is 17.8. The van der Waals surface area contributed by atoms with Gasteiger partial charge in [-0.15, -0.1) is 5.10 Å². The predicted octanol–water partition coefficient (Wildman–Crippen LogP) is 4.64. The molecule has 0 unspecified atom stereocenters. The van der Waals surface area contributed by atoms with Crippen LogP contribution in [0.3, 0.4) is 0 Å². The van der Waals surface area contributed by atoms with Gasteiger partial charge < -0.3 is 10.1 Å². The number of hydrogen-bond acceptors (Lipinski definition) is 6. The molecule has 0 saturated heterocycles. The van der Waals surface area contributed by atoms with Crippen molar-refractivity contribution in [3.05, 3.63) is 58.1 Å². The molecule has 2 aromatic carbocycles. The monoisotopic (exact) mass is 437 g/mol. The molecule has 1 aromatic heterocycles. The van der Waals surface area contributed by atoms with Gasteiger partial charge in [-0.3, -0.25) is 0 Å². The van der Waals surface area contributed by atoms with Crippen molar-refractivity contribution in [3.8, 4) is 11.4 Å². The highest BCUT2D eigenvalue weighted by atomic mass is 35.5. The molecule has 0 amide bonds. The summed E-state index contributed by atoms with van der Waals surface area (Å²) in [6.45, 7) is 3.97. The summed E-state index contributed by atoms with van der Waals surface area (Å²) in [6, 6.07) is 13.4. The molecule has 9 heteroatoms. The van der Waals surface area contributed by atoms with Crippen LogP contribution < -0.4 is 10.1 Å². The lowest BCUT2D eigenvalue weighted by molar-refractivity contribution is 0.335. The molecule has 0 aliphatic rings. The molecule has 3 rings (SSSR count). The first kappa shape index (κ1) is 20.9. The molecule has 0 aliphatic heterocycles. The smallest absolute Gasteiger partial charge is 0.214 e. The second-order valence-electron chi connectivity index (χ2n) is 5.90. The normalized spacial score (nSPS) is 11.0. The SMILES string of the molecule is CCOc1c(Cl)cc(Cl)cc1CNCCCSc1nnnn1-c1ccccc1. The molecule has 1 N–H and O–H groups in total. The second-order valence-corrected chi connectivity index (χ2v) is 7.80. The van der Waals surface area contributed by atoms with E-state index in [4.69, 9.17) is 27.9 Å². The summed E-state index contributed by atoms with van der Waals surface area (Å²) in [4.78, 5) is 0. The van der Waals surface area contributed by atoms with Gasteiger partial charge >= 0.3 is 0 Å². The van der Waals surface area contributed by atoms with E-state index in [1.54, 1.807) is 22.5 Å². The van der Waals surface area contributed by atoms with Crippen LogP contribution in [0, 0.1) is 0 Å². The van der Waals surface area contributed by atoms with Gasteiger partial charge in [-0.1, -0.05) is 53.2 Å². The van der Waals surface area contributed by atoms with E-state index in [1.807, 2.05) is 43.3 Å². The van der Waals surface area contributed by atoms with Gasteiger partial charge in [0.05, 0.1) is 17.3 Å². The minimum atomic E-state index is 0.537. The molecule has 0 aliphatic carbocycles. The topological polar surface area (TPSA) is 64.9 Å². The summed E-state index contributed by atoms with van der Waals surface area (Å²) in [7, 11) is 0. The highest BCUT2D eigenvalue weighted by molar-refractivity contribution is 7.99. The molecule has 0 saturated carbocycles. The number of hydrogen-bond donors (Lipinski definition) is 1. The van der Waals surface area contributed by atoms with Crippen LogP contribution in [0.2, 0.25) is 10.0 Å². The molecule has 0 radical (unpaired) electrons. The number of para-hydroxylation sites is 1. The van der Waals surface area contributed by atoms with E-state index in [0.717, 1.165) is 35.1 Å². The molecule has 3 aromatic rings. The summed E-state index contributed by atoms with van der Waals surface area (Å²) in [5.41, 5.74) is 1.91. The number of aromatic nitrogens is 4. The van der Waals surface area contributed by atoms with E-state index in [-0.39, 0.29) is 0 Å². The number of halogens is 2. The maximum absolute atomic E-state index is 6.24. The molecular weight excluding hydrogens is 417 g/mol. The largest absolute Gasteiger partial charge is 0.492 e. The average Bonchev–Trinajstić information content (AvgIpc) is 3.16. The van der Waals surface area contributed by atoms with Crippen molar-refractivity contribution in [3.63, 3.8) is 0 Å². The zero-order valence-electron chi connectivity index (χ0n) is 15.4. The van der Waals surface area contributed by atoms with Crippen molar-refractivity contribution in [1.82, 2.24) is 25.5 Å². The van der Waals surface area contributed by atoms with Crippen molar-refractivity contribution in [2.24, 2.45) is 0 Å². The van der Waals surface area contributed by atoms with Crippen molar-refractivity contribution < 1.29 is 4.74 Å². The Kier molecular flexibility index (Phi) is 7.97. The molecule has 6 nitrogen and oxygen atoms in total. The van der Waals surface area contributed by atoms with E-state index in [0.29, 0.717) is 28.9 Å². The lowest BCUT2D eigenvalue weighted by Crippen LogP contribution is -2.16. The highest BCUT2D eigenvalue weighted by Gasteiger charge is 2.11. The minimum absolute atomic E-state index is 0.537. The lowest BCUT2D eigenvalue weighted by atomic mass is 10.2. The molecular formula is C19H21Cl2N5OS. The number of nitrogens with zero attached hydrogens (tertiary/aromatic N) is 4. The quantitative estimate of drug-likeness (QED) is 0.368. The fraction of sp³-hybridized carbons (Fsp3) is 0.316. The fourth-order valence-corrected chi connectivity index (χ4v) is 4.05. The molecule has 28 heavy (non-hydrogen) atoms. The van der Waals surface area contributed by atoms with Crippen LogP contribution in [0.4, 0.5) is 0 Å². The third-order valence-electron chi connectivity index (χ3n) is 3.86. The highest BCUT2D eigenvalue weighted by Crippen LogP contribution is 2.32. The number of nitrogens with one attached hydrogen (secondary N) is 1.